The number of hydrogen-bond donors (Lipinski definition) is 2. The lowest BCUT2D eigenvalue weighted by Crippen LogP contribution is -2.42. The number of anilines is 1. The molecule has 1 unspecified atom stereocenters. The summed E-state index contributed by atoms with van der Waals surface area (Å²) in [5.74, 6) is -0.572. The van der Waals surface area contributed by atoms with Crippen molar-refractivity contribution >= 4 is 29.4 Å². The molecule has 0 bridgehead atoms. The molecule has 2 aromatic rings. The summed E-state index contributed by atoms with van der Waals surface area (Å²) < 4.78 is 80.1. The smallest absolute Gasteiger partial charge is 0.417 e. The van der Waals surface area contributed by atoms with Gasteiger partial charge in [0.1, 0.15) is 11.6 Å². The van der Waals surface area contributed by atoms with Crippen LogP contribution in [0, 0.1) is 0 Å². The Hall–Kier alpha value is -2.95. The van der Waals surface area contributed by atoms with Crippen molar-refractivity contribution in [3.63, 3.8) is 0 Å². The van der Waals surface area contributed by atoms with Crippen LogP contribution in [0.15, 0.2) is 41.5 Å². The second-order valence-electron chi connectivity index (χ2n) is 6.25. The first-order valence-electron chi connectivity index (χ1n) is 8.25. The van der Waals surface area contributed by atoms with Gasteiger partial charge in [0, 0.05) is 11.4 Å². The van der Waals surface area contributed by atoms with E-state index in [4.69, 9.17) is 11.6 Å². The van der Waals surface area contributed by atoms with E-state index >= 15 is 0 Å². The maximum absolute atomic E-state index is 13.5. The minimum absolute atomic E-state index is 0.0520. The summed E-state index contributed by atoms with van der Waals surface area (Å²) in [5, 5.41) is 14.0. The fraction of sp³-hybridized carbons (Fsp3) is 0.222. The average Bonchev–Trinajstić information content (AvgIpc) is 3.04. The van der Waals surface area contributed by atoms with Crippen molar-refractivity contribution in [2.24, 2.45) is 5.10 Å². The van der Waals surface area contributed by atoms with E-state index in [2.05, 4.69) is 10.5 Å². The van der Waals surface area contributed by atoms with Gasteiger partial charge in [-0.2, -0.15) is 31.4 Å². The average molecular weight is 452 g/mol. The quantitative estimate of drug-likeness (QED) is 0.528. The Morgan fingerprint density at radius 1 is 1.13 bits per heavy atom. The number of carbonyl (C=O) groups excluding carboxylic acids is 1. The largest absolute Gasteiger partial charge is 0.506 e. The zero-order chi connectivity index (χ0) is 22.3. The first kappa shape index (κ1) is 21.8. The van der Waals surface area contributed by atoms with Crippen LogP contribution in [0.5, 0.6) is 5.75 Å². The van der Waals surface area contributed by atoms with Crippen LogP contribution < -0.4 is 10.3 Å². The Morgan fingerprint density at radius 2 is 1.83 bits per heavy atom. The first-order valence-corrected chi connectivity index (χ1v) is 8.62. The molecule has 1 aliphatic rings. The molecule has 0 fully saturated rings. The molecule has 30 heavy (non-hydrogen) atoms. The standard InChI is InChI=1S/C18H12ClF6N3O2/c19-10-4-5-13(30)12(7-10)28-14(26-27-15(28)8-29)6-9-2-1-3-11(17(20,21)22)16(9)18(23,24)25/h1-5,7-8,15,27,30H,6H2. The van der Waals surface area contributed by atoms with Crippen molar-refractivity contribution in [1.29, 1.82) is 0 Å². The number of amidine groups is 1. The van der Waals surface area contributed by atoms with Gasteiger partial charge in [-0.25, -0.2) is 0 Å². The SMILES string of the molecule is O=CC1NN=C(Cc2cccc(C(F)(F)F)c2C(F)(F)F)N1c1cc(Cl)ccc1O. The molecule has 1 aliphatic heterocycles. The number of nitrogens with zero attached hydrogens (tertiary/aromatic N) is 2. The Kier molecular flexibility index (Phi) is 5.59. The maximum atomic E-state index is 13.5. The number of alkyl halides is 6. The summed E-state index contributed by atoms with van der Waals surface area (Å²) in [6, 6.07) is 5.87. The summed E-state index contributed by atoms with van der Waals surface area (Å²) in [6.07, 6.45) is -12.1. The molecule has 5 nitrogen and oxygen atoms in total. The van der Waals surface area contributed by atoms with Crippen molar-refractivity contribution in [3.05, 3.63) is 58.1 Å². The fourth-order valence-corrected chi connectivity index (χ4v) is 3.26. The molecule has 0 spiro atoms. The predicted molar refractivity (Wildman–Crippen MR) is 96.2 cm³/mol. The van der Waals surface area contributed by atoms with Crippen molar-refractivity contribution in [3.8, 4) is 5.75 Å². The van der Waals surface area contributed by atoms with Gasteiger partial charge in [-0.1, -0.05) is 23.7 Å². The van der Waals surface area contributed by atoms with E-state index in [0.29, 0.717) is 12.4 Å². The first-order chi connectivity index (χ1) is 13.9. The van der Waals surface area contributed by atoms with Crippen molar-refractivity contribution in [1.82, 2.24) is 5.43 Å². The van der Waals surface area contributed by atoms with E-state index < -0.39 is 41.6 Å². The van der Waals surface area contributed by atoms with E-state index in [1.165, 1.54) is 18.2 Å². The predicted octanol–water partition coefficient (Wildman–Crippen LogP) is 4.57. The van der Waals surface area contributed by atoms with Gasteiger partial charge in [-0.3, -0.25) is 15.1 Å². The van der Waals surface area contributed by atoms with Gasteiger partial charge in [0.05, 0.1) is 16.8 Å². The van der Waals surface area contributed by atoms with Gasteiger partial charge in [0.25, 0.3) is 0 Å². The summed E-state index contributed by atoms with van der Waals surface area (Å²) in [4.78, 5) is 12.4. The Balaban J connectivity index is 2.09. The van der Waals surface area contributed by atoms with E-state index in [1.807, 2.05) is 0 Å². The van der Waals surface area contributed by atoms with Crippen molar-refractivity contribution < 1.29 is 36.2 Å². The van der Waals surface area contributed by atoms with E-state index in [0.717, 1.165) is 17.0 Å². The molecule has 3 rings (SSSR count). The number of hydrazone groups is 1. The fourth-order valence-electron chi connectivity index (χ4n) is 3.10. The molecule has 2 N–H and O–H groups in total. The third-order valence-corrected chi connectivity index (χ3v) is 4.53. The second kappa shape index (κ2) is 7.71. The molecule has 160 valence electrons. The molecule has 0 saturated heterocycles. The van der Waals surface area contributed by atoms with Crippen LogP contribution in [-0.4, -0.2) is 23.4 Å². The lowest BCUT2D eigenvalue weighted by atomic mass is 9.97. The minimum Gasteiger partial charge on any atom is -0.506 e. The number of hydrogen-bond acceptors (Lipinski definition) is 5. The van der Waals surface area contributed by atoms with Gasteiger partial charge in [-0.05, 0) is 29.8 Å². The van der Waals surface area contributed by atoms with Crippen LogP contribution in [0.4, 0.5) is 32.0 Å². The highest BCUT2D eigenvalue weighted by molar-refractivity contribution is 6.31. The number of carbonyl (C=O) groups is 1. The molecule has 12 heteroatoms. The van der Waals surface area contributed by atoms with E-state index in [-0.39, 0.29) is 22.3 Å². The lowest BCUT2D eigenvalue weighted by molar-refractivity contribution is -0.162. The third kappa shape index (κ3) is 4.16. The number of phenols is 1. The normalized spacial score (nSPS) is 17.0. The molecule has 1 heterocycles. The molecule has 0 saturated carbocycles. The van der Waals surface area contributed by atoms with Crippen LogP contribution in [-0.2, 0) is 23.6 Å². The Morgan fingerprint density at radius 3 is 2.43 bits per heavy atom. The third-order valence-electron chi connectivity index (χ3n) is 4.30. The monoisotopic (exact) mass is 451 g/mol. The molecular formula is C18H12ClF6N3O2. The summed E-state index contributed by atoms with van der Waals surface area (Å²) in [7, 11) is 0. The highest BCUT2D eigenvalue weighted by atomic mass is 35.5. The van der Waals surface area contributed by atoms with Crippen molar-refractivity contribution in [2.45, 2.75) is 24.9 Å². The Labute approximate surface area is 170 Å². The summed E-state index contributed by atoms with van der Waals surface area (Å²) >= 11 is 5.89. The number of nitrogens with one attached hydrogen (secondary N) is 1. The highest BCUT2D eigenvalue weighted by Gasteiger charge is 2.45. The topological polar surface area (TPSA) is 64.9 Å². The van der Waals surface area contributed by atoms with Gasteiger partial charge in [0.15, 0.2) is 12.5 Å². The molecule has 0 radical (unpaired) electrons. The zero-order valence-electron chi connectivity index (χ0n) is 14.7. The number of aromatic hydroxyl groups is 1. The maximum Gasteiger partial charge on any atom is 0.417 e. The molecule has 0 aromatic heterocycles. The number of halogens is 7. The summed E-state index contributed by atoms with van der Waals surface area (Å²) in [6.45, 7) is 0. The molecule has 2 aromatic carbocycles. The highest BCUT2D eigenvalue weighted by Crippen LogP contribution is 2.42. The van der Waals surface area contributed by atoms with Crippen LogP contribution >= 0.6 is 11.6 Å². The number of benzene rings is 2. The van der Waals surface area contributed by atoms with Gasteiger partial charge >= 0.3 is 12.4 Å². The lowest BCUT2D eigenvalue weighted by Gasteiger charge is -2.26. The number of rotatable bonds is 4. The van der Waals surface area contributed by atoms with Gasteiger partial charge in [-0.15, -0.1) is 0 Å². The van der Waals surface area contributed by atoms with E-state index in [9.17, 15) is 36.2 Å². The molecular weight excluding hydrogens is 440 g/mol. The van der Waals surface area contributed by atoms with Crippen LogP contribution in [0.1, 0.15) is 16.7 Å². The van der Waals surface area contributed by atoms with Crippen LogP contribution in [0.25, 0.3) is 0 Å². The summed E-state index contributed by atoms with van der Waals surface area (Å²) in [5.41, 5.74) is -2.06. The van der Waals surface area contributed by atoms with Gasteiger partial charge < -0.3 is 5.11 Å². The zero-order valence-corrected chi connectivity index (χ0v) is 15.5. The number of phenolic OH excluding ortho intramolecular Hbond substituents is 1. The van der Waals surface area contributed by atoms with E-state index in [1.54, 1.807) is 0 Å². The molecule has 0 amide bonds. The van der Waals surface area contributed by atoms with Gasteiger partial charge in [0.2, 0.25) is 0 Å². The van der Waals surface area contributed by atoms with Crippen molar-refractivity contribution in [2.75, 3.05) is 4.90 Å². The minimum atomic E-state index is -5.29. The second-order valence-corrected chi connectivity index (χ2v) is 6.69. The molecule has 0 aliphatic carbocycles. The van der Waals surface area contributed by atoms with Crippen LogP contribution in [0.3, 0.4) is 0 Å². The van der Waals surface area contributed by atoms with Crippen LogP contribution in [0.2, 0.25) is 5.02 Å². The number of aldehydes is 1. The Bertz CT molecular complexity index is 1010. The molecule has 1 atom stereocenters.